The molecule has 0 atom stereocenters. The Kier molecular flexibility index (Phi) is 5.66. The van der Waals surface area contributed by atoms with Crippen LogP contribution in [0.25, 0.3) is 22.6 Å². The lowest BCUT2D eigenvalue weighted by Gasteiger charge is -2.27. The Balaban J connectivity index is 1.46. The number of nitrogens with one attached hydrogen (secondary N) is 2. The second-order valence-corrected chi connectivity index (χ2v) is 7.79. The summed E-state index contributed by atoms with van der Waals surface area (Å²) >= 11 is 0. The summed E-state index contributed by atoms with van der Waals surface area (Å²) in [6, 6.07) is 19.1. The average Bonchev–Trinajstić information content (AvgIpc) is 3.26. The third-order valence-corrected chi connectivity index (χ3v) is 5.63. The van der Waals surface area contributed by atoms with Crippen molar-refractivity contribution in [2.45, 2.75) is 6.54 Å². The van der Waals surface area contributed by atoms with Gasteiger partial charge in [0.15, 0.2) is 5.58 Å². The molecule has 5 rings (SSSR count). The molecular weight excluding hydrogens is 407 g/mol. The van der Waals surface area contributed by atoms with Gasteiger partial charge in [-0.1, -0.05) is 36.4 Å². The largest absolute Gasteiger partial charge is 0.436 e. The second kappa shape index (κ2) is 8.90. The van der Waals surface area contributed by atoms with Crippen LogP contribution in [0, 0.1) is 5.82 Å². The number of aromatic nitrogens is 1. The molecule has 162 valence electrons. The number of halogens is 1. The highest BCUT2D eigenvalue weighted by molar-refractivity contribution is 6.06. The molecule has 1 saturated heterocycles. The Hall–Kier alpha value is -3.55. The molecule has 0 radical (unpaired) electrons. The van der Waals surface area contributed by atoms with Gasteiger partial charge in [0, 0.05) is 32.7 Å². The minimum atomic E-state index is -0.568. The van der Waals surface area contributed by atoms with Crippen LogP contribution in [0.2, 0.25) is 0 Å². The molecule has 1 aliphatic heterocycles. The molecule has 0 unspecified atom stereocenters. The Labute approximate surface area is 185 Å². The van der Waals surface area contributed by atoms with Gasteiger partial charge in [-0.2, -0.15) is 0 Å². The fraction of sp³-hybridized carbons (Fsp3) is 0.200. The van der Waals surface area contributed by atoms with Gasteiger partial charge in [0.2, 0.25) is 5.89 Å². The fourth-order valence-electron chi connectivity index (χ4n) is 3.97. The number of fused-ring (bicyclic) bond motifs is 1. The monoisotopic (exact) mass is 430 g/mol. The second-order valence-electron chi connectivity index (χ2n) is 7.79. The summed E-state index contributed by atoms with van der Waals surface area (Å²) in [5.74, 6) is -0.676. The number of hydrogen-bond donors (Lipinski definition) is 2. The highest BCUT2D eigenvalue weighted by Gasteiger charge is 2.19. The summed E-state index contributed by atoms with van der Waals surface area (Å²) in [7, 11) is 0. The molecule has 2 heterocycles. The van der Waals surface area contributed by atoms with Crippen LogP contribution in [0.15, 0.2) is 71.1 Å². The molecule has 32 heavy (non-hydrogen) atoms. The molecule has 2 N–H and O–H groups in total. The lowest BCUT2D eigenvalue weighted by Crippen LogP contribution is -2.42. The summed E-state index contributed by atoms with van der Waals surface area (Å²) in [5, 5.41) is 6.16. The Morgan fingerprint density at radius 2 is 1.81 bits per heavy atom. The summed E-state index contributed by atoms with van der Waals surface area (Å²) in [6.45, 7) is 4.75. The highest BCUT2D eigenvalue weighted by atomic mass is 19.1. The van der Waals surface area contributed by atoms with Crippen molar-refractivity contribution in [2.24, 2.45) is 0 Å². The van der Waals surface area contributed by atoms with E-state index in [1.807, 2.05) is 24.3 Å². The predicted octanol–water partition coefficient (Wildman–Crippen LogP) is 4.29. The molecule has 0 spiro atoms. The first-order valence-corrected chi connectivity index (χ1v) is 10.7. The van der Waals surface area contributed by atoms with Gasteiger partial charge in [-0.05, 0) is 35.9 Å². The summed E-state index contributed by atoms with van der Waals surface area (Å²) in [4.78, 5) is 19.8. The van der Waals surface area contributed by atoms with E-state index in [1.165, 1.54) is 12.1 Å². The van der Waals surface area contributed by atoms with Crippen molar-refractivity contribution in [3.05, 3.63) is 83.7 Å². The van der Waals surface area contributed by atoms with Crippen molar-refractivity contribution in [1.29, 1.82) is 0 Å². The van der Waals surface area contributed by atoms with Crippen molar-refractivity contribution in [3.63, 3.8) is 0 Å². The third kappa shape index (κ3) is 4.12. The van der Waals surface area contributed by atoms with E-state index >= 15 is 0 Å². The smallest absolute Gasteiger partial charge is 0.258 e. The lowest BCUT2D eigenvalue weighted by molar-refractivity contribution is 0.102. The molecular formula is C25H23FN4O2. The number of oxazole rings is 1. The molecule has 6 nitrogen and oxygen atoms in total. The number of anilines is 1. The number of piperazine rings is 1. The number of para-hydroxylation sites is 2. The maximum absolute atomic E-state index is 14.0. The maximum Gasteiger partial charge on any atom is 0.258 e. The van der Waals surface area contributed by atoms with Crippen molar-refractivity contribution in [3.8, 4) is 11.5 Å². The van der Waals surface area contributed by atoms with Crippen LogP contribution in [0.5, 0.6) is 0 Å². The van der Waals surface area contributed by atoms with Gasteiger partial charge < -0.3 is 15.1 Å². The van der Waals surface area contributed by atoms with Gasteiger partial charge in [0.25, 0.3) is 5.91 Å². The Morgan fingerprint density at radius 3 is 2.66 bits per heavy atom. The van der Waals surface area contributed by atoms with Crippen molar-refractivity contribution in [2.75, 3.05) is 31.5 Å². The molecule has 3 aromatic carbocycles. The van der Waals surface area contributed by atoms with Gasteiger partial charge in [0.1, 0.15) is 11.3 Å². The summed E-state index contributed by atoms with van der Waals surface area (Å²) in [5.41, 5.74) is 3.75. The summed E-state index contributed by atoms with van der Waals surface area (Å²) in [6.07, 6.45) is 0. The minimum Gasteiger partial charge on any atom is -0.436 e. The van der Waals surface area contributed by atoms with E-state index in [4.69, 9.17) is 9.40 Å². The minimum absolute atomic E-state index is 0.0156. The van der Waals surface area contributed by atoms with E-state index in [1.54, 1.807) is 24.3 Å². The first-order chi connectivity index (χ1) is 15.7. The predicted molar refractivity (Wildman–Crippen MR) is 122 cm³/mol. The summed E-state index contributed by atoms with van der Waals surface area (Å²) < 4.78 is 20.1. The Bertz CT molecular complexity index is 1260. The molecule has 0 saturated carbocycles. The number of carbonyl (C=O) groups excluding carboxylic acids is 1. The van der Waals surface area contributed by atoms with E-state index in [-0.39, 0.29) is 5.56 Å². The van der Waals surface area contributed by atoms with Gasteiger partial charge in [-0.15, -0.1) is 0 Å². The van der Waals surface area contributed by atoms with Crippen molar-refractivity contribution in [1.82, 2.24) is 15.2 Å². The van der Waals surface area contributed by atoms with Crippen molar-refractivity contribution < 1.29 is 13.6 Å². The SMILES string of the molecule is O=C(Nc1ccccc1-c1nc2c(CN3CCNCC3)cccc2o1)c1ccccc1F. The number of hydrogen-bond acceptors (Lipinski definition) is 5. The number of amides is 1. The molecule has 1 aromatic heterocycles. The zero-order valence-corrected chi connectivity index (χ0v) is 17.5. The zero-order chi connectivity index (χ0) is 21.9. The van der Waals surface area contributed by atoms with Crippen LogP contribution in [0.4, 0.5) is 10.1 Å². The molecule has 7 heteroatoms. The van der Waals surface area contributed by atoms with Crippen LogP contribution < -0.4 is 10.6 Å². The van der Waals surface area contributed by atoms with Crippen LogP contribution >= 0.6 is 0 Å². The topological polar surface area (TPSA) is 70.4 Å². The Morgan fingerprint density at radius 1 is 1.03 bits per heavy atom. The van der Waals surface area contributed by atoms with E-state index < -0.39 is 11.7 Å². The van der Waals surface area contributed by atoms with E-state index in [9.17, 15) is 9.18 Å². The van der Waals surface area contributed by atoms with Gasteiger partial charge >= 0.3 is 0 Å². The highest BCUT2D eigenvalue weighted by Crippen LogP contribution is 2.32. The van der Waals surface area contributed by atoms with Gasteiger partial charge in [0.05, 0.1) is 16.8 Å². The fourth-order valence-corrected chi connectivity index (χ4v) is 3.97. The third-order valence-electron chi connectivity index (χ3n) is 5.63. The lowest BCUT2D eigenvalue weighted by atomic mass is 10.1. The standard InChI is InChI=1S/C25H23FN4O2/c26-20-9-3-1-7-18(20)24(31)28-21-10-4-2-8-19(21)25-29-23-17(6-5-11-22(23)32-25)16-30-14-12-27-13-15-30/h1-11,27H,12-16H2,(H,28,31). The van der Waals surface area contributed by atoms with E-state index in [0.717, 1.165) is 43.8 Å². The van der Waals surface area contributed by atoms with Gasteiger partial charge in [-0.25, -0.2) is 9.37 Å². The zero-order valence-electron chi connectivity index (χ0n) is 17.5. The number of rotatable bonds is 5. The average molecular weight is 430 g/mol. The van der Waals surface area contributed by atoms with Crippen molar-refractivity contribution >= 4 is 22.7 Å². The van der Waals surface area contributed by atoms with E-state index in [0.29, 0.717) is 22.7 Å². The van der Waals surface area contributed by atoms with Crippen LogP contribution in [-0.2, 0) is 6.54 Å². The molecule has 4 aromatic rings. The van der Waals surface area contributed by atoms with Crippen LogP contribution in [-0.4, -0.2) is 42.0 Å². The maximum atomic E-state index is 14.0. The quantitative estimate of drug-likeness (QED) is 0.494. The normalized spacial score (nSPS) is 14.5. The van der Waals surface area contributed by atoms with Gasteiger partial charge in [-0.3, -0.25) is 9.69 Å². The number of carbonyl (C=O) groups is 1. The molecule has 1 amide bonds. The molecule has 0 aliphatic carbocycles. The van der Waals surface area contributed by atoms with Crippen LogP contribution in [0.3, 0.4) is 0 Å². The molecule has 1 aliphatic rings. The number of nitrogens with zero attached hydrogens (tertiary/aromatic N) is 2. The number of benzene rings is 3. The van der Waals surface area contributed by atoms with E-state index in [2.05, 4.69) is 21.6 Å². The molecule has 1 fully saturated rings. The first kappa shape index (κ1) is 20.4. The first-order valence-electron chi connectivity index (χ1n) is 10.7. The van der Waals surface area contributed by atoms with Crippen LogP contribution in [0.1, 0.15) is 15.9 Å². The molecule has 0 bridgehead atoms.